The predicted octanol–water partition coefficient (Wildman–Crippen LogP) is 1.28. The molecule has 3 aromatic heterocycles. The number of nitrogens with zero attached hydrogens (tertiary/aromatic N) is 3. The van der Waals surface area contributed by atoms with Gasteiger partial charge in [-0.15, -0.1) is 0 Å². The Bertz CT molecular complexity index is 994. The molecule has 0 aromatic carbocycles. The number of aromatic nitrogens is 5. The van der Waals surface area contributed by atoms with E-state index in [1.54, 1.807) is 6.92 Å². The maximum atomic E-state index is 12.1. The molecule has 22 heavy (non-hydrogen) atoms. The summed E-state index contributed by atoms with van der Waals surface area (Å²) in [5.41, 5.74) is 3.07. The van der Waals surface area contributed by atoms with Crippen LogP contribution in [0.15, 0.2) is 15.7 Å². The van der Waals surface area contributed by atoms with E-state index in [2.05, 4.69) is 20.1 Å². The Labute approximate surface area is 126 Å². The van der Waals surface area contributed by atoms with Gasteiger partial charge < -0.3 is 4.98 Å². The van der Waals surface area contributed by atoms with Gasteiger partial charge in [-0.25, -0.2) is 4.98 Å². The summed E-state index contributed by atoms with van der Waals surface area (Å²) in [5.74, 6) is 0.305. The lowest BCUT2D eigenvalue weighted by molar-refractivity contribution is 0.786. The third-order valence-electron chi connectivity index (χ3n) is 3.81. The van der Waals surface area contributed by atoms with Gasteiger partial charge in [0, 0.05) is 22.7 Å². The van der Waals surface area contributed by atoms with Crippen molar-refractivity contribution in [3.05, 3.63) is 49.3 Å². The minimum Gasteiger partial charge on any atom is -0.306 e. The molecule has 0 atom stereocenters. The average molecular weight is 299 g/mol. The van der Waals surface area contributed by atoms with Crippen LogP contribution in [0.2, 0.25) is 0 Å². The molecule has 0 aliphatic carbocycles. The van der Waals surface area contributed by atoms with E-state index in [4.69, 9.17) is 0 Å². The van der Waals surface area contributed by atoms with Gasteiger partial charge in [0.2, 0.25) is 11.5 Å². The van der Waals surface area contributed by atoms with Gasteiger partial charge in [0.15, 0.2) is 0 Å². The van der Waals surface area contributed by atoms with Gasteiger partial charge in [-0.1, -0.05) is 6.92 Å². The fraction of sp³-hybridized carbons (Fsp3) is 0.333. The number of aryl methyl sites for hydroxylation is 3. The summed E-state index contributed by atoms with van der Waals surface area (Å²) < 4.78 is 1.48. The Morgan fingerprint density at radius 3 is 2.50 bits per heavy atom. The van der Waals surface area contributed by atoms with Crippen molar-refractivity contribution in [3.8, 4) is 5.95 Å². The number of hydrogen-bond acceptors (Lipinski definition) is 4. The van der Waals surface area contributed by atoms with E-state index in [1.165, 1.54) is 10.7 Å². The van der Waals surface area contributed by atoms with Gasteiger partial charge in [-0.2, -0.15) is 9.78 Å². The van der Waals surface area contributed by atoms with Crippen molar-refractivity contribution in [2.24, 2.45) is 0 Å². The number of pyridine rings is 1. The molecule has 0 aliphatic heterocycles. The second-order valence-electron chi connectivity index (χ2n) is 5.34. The Morgan fingerprint density at radius 2 is 1.86 bits per heavy atom. The zero-order chi connectivity index (χ0) is 16.0. The van der Waals surface area contributed by atoms with E-state index in [-0.39, 0.29) is 11.1 Å². The largest absolute Gasteiger partial charge is 0.306 e. The zero-order valence-electron chi connectivity index (χ0n) is 12.9. The Morgan fingerprint density at radius 1 is 1.14 bits per heavy atom. The van der Waals surface area contributed by atoms with Gasteiger partial charge in [-0.3, -0.25) is 14.6 Å². The van der Waals surface area contributed by atoms with Crippen LogP contribution in [0, 0.1) is 20.8 Å². The lowest BCUT2D eigenvalue weighted by Gasteiger charge is -2.06. The van der Waals surface area contributed by atoms with E-state index < -0.39 is 0 Å². The highest BCUT2D eigenvalue weighted by Gasteiger charge is 2.15. The minimum absolute atomic E-state index is 0.179. The van der Waals surface area contributed by atoms with Gasteiger partial charge >= 0.3 is 0 Å². The quantitative estimate of drug-likeness (QED) is 0.745. The SMILES string of the molecule is CCc1c(C)nc(-n2nc(C)c3c(C)cc(=O)[nH]c32)[nH]c1=O. The van der Waals surface area contributed by atoms with E-state index in [9.17, 15) is 9.59 Å². The van der Waals surface area contributed by atoms with Crippen LogP contribution in [-0.2, 0) is 6.42 Å². The summed E-state index contributed by atoms with van der Waals surface area (Å²) in [5, 5.41) is 5.27. The molecule has 7 heteroatoms. The topological polar surface area (TPSA) is 96.4 Å². The maximum absolute atomic E-state index is 12.1. The van der Waals surface area contributed by atoms with Gasteiger partial charge in [0.1, 0.15) is 5.65 Å². The maximum Gasteiger partial charge on any atom is 0.255 e. The summed E-state index contributed by atoms with van der Waals surface area (Å²) in [6.07, 6.45) is 0.614. The van der Waals surface area contributed by atoms with E-state index in [1.807, 2.05) is 20.8 Å². The first-order chi connectivity index (χ1) is 10.4. The number of hydrogen-bond donors (Lipinski definition) is 2. The van der Waals surface area contributed by atoms with Crippen LogP contribution in [0.4, 0.5) is 0 Å². The first kappa shape index (κ1) is 14.2. The van der Waals surface area contributed by atoms with Crippen LogP contribution in [0.3, 0.4) is 0 Å². The lowest BCUT2D eigenvalue weighted by Crippen LogP contribution is -2.20. The van der Waals surface area contributed by atoms with E-state index >= 15 is 0 Å². The van der Waals surface area contributed by atoms with Crippen molar-refractivity contribution < 1.29 is 0 Å². The van der Waals surface area contributed by atoms with Crippen LogP contribution in [-0.4, -0.2) is 24.7 Å². The Hall–Kier alpha value is -2.70. The molecule has 7 nitrogen and oxygen atoms in total. The number of nitrogens with one attached hydrogen (secondary N) is 2. The smallest absolute Gasteiger partial charge is 0.255 e. The standard InChI is InChI=1S/C15H17N5O2/c1-5-10-8(3)16-15(18-14(10)22)20-13-12(9(4)19-20)7(2)6-11(21)17-13/h6H,5H2,1-4H3,(H,17,21)(H,16,18,22). The summed E-state index contributed by atoms with van der Waals surface area (Å²) in [4.78, 5) is 33.8. The zero-order valence-corrected chi connectivity index (χ0v) is 12.9. The van der Waals surface area contributed by atoms with E-state index in [0.29, 0.717) is 29.3 Å². The average Bonchev–Trinajstić information content (AvgIpc) is 2.75. The highest BCUT2D eigenvalue weighted by molar-refractivity contribution is 5.82. The molecule has 0 saturated carbocycles. The highest BCUT2D eigenvalue weighted by atomic mass is 16.1. The first-order valence-corrected chi connectivity index (χ1v) is 7.11. The lowest BCUT2D eigenvalue weighted by atomic mass is 10.2. The molecule has 114 valence electrons. The molecule has 3 aromatic rings. The molecule has 0 saturated heterocycles. The summed E-state index contributed by atoms with van der Waals surface area (Å²) >= 11 is 0. The molecular formula is C15H17N5O2. The van der Waals surface area contributed by atoms with Crippen molar-refractivity contribution in [3.63, 3.8) is 0 Å². The third kappa shape index (κ3) is 2.05. The number of H-pyrrole nitrogens is 2. The number of rotatable bonds is 2. The van der Waals surface area contributed by atoms with Crippen LogP contribution in [0.5, 0.6) is 0 Å². The molecule has 0 unspecified atom stereocenters. The van der Waals surface area contributed by atoms with Crippen molar-refractivity contribution >= 4 is 11.0 Å². The highest BCUT2D eigenvalue weighted by Crippen LogP contribution is 2.20. The Balaban J connectivity index is 2.37. The van der Waals surface area contributed by atoms with Gasteiger partial charge in [0.05, 0.1) is 5.69 Å². The van der Waals surface area contributed by atoms with Crippen LogP contribution >= 0.6 is 0 Å². The number of fused-ring (bicyclic) bond motifs is 1. The van der Waals surface area contributed by atoms with Crippen molar-refractivity contribution in [2.75, 3.05) is 0 Å². The second-order valence-corrected chi connectivity index (χ2v) is 5.34. The molecule has 0 amide bonds. The summed E-state index contributed by atoms with van der Waals surface area (Å²) in [6, 6.07) is 1.53. The summed E-state index contributed by atoms with van der Waals surface area (Å²) in [7, 11) is 0. The molecule has 0 radical (unpaired) electrons. The monoisotopic (exact) mass is 299 g/mol. The minimum atomic E-state index is -0.213. The fourth-order valence-electron chi connectivity index (χ4n) is 2.80. The van der Waals surface area contributed by atoms with Crippen molar-refractivity contribution in [2.45, 2.75) is 34.1 Å². The molecule has 2 N–H and O–H groups in total. The van der Waals surface area contributed by atoms with Gasteiger partial charge in [0.25, 0.3) is 5.56 Å². The molecule has 3 rings (SSSR count). The molecule has 0 fully saturated rings. The van der Waals surface area contributed by atoms with E-state index in [0.717, 1.165) is 16.6 Å². The molecule has 0 spiro atoms. The Kier molecular flexibility index (Phi) is 3.20. The van der Waals surface area contributed by atoms with Crippen LogP contribution in [0.25, 0.3) is 17.0 Å². The van der Waals surface area contributed by atoms with Crippen LogP contribution < -0.4 is 11.1 Å². The molecule has 0 aliphatic rings. The first-order valence-electron chi connectivity index (χ1n) is 7.11. The fourth-order valence-corrected chi connectivity index (χ4v) is 2.80. The predicted molar refractivity (Wildman–Crippen MR) is 83.7 cm³/mol. The molecular weight excluding hydrogens is 282 g/mol. The van der Waals surface area contributed by atoms with Crippen molar-refractivity contribution in [1.29, 1.82) is 0 Å². The normalized spacial score (nSPS) is 11.3. The second kappa shape index (κ2) is 4.94. The third-order valence-corrected chi connectivity index (χ3v) is 3.81. The number of aromatic amines is 2. The van der Waals surface area contributed by atoms with Crippen LogP contribution in [0.1, 0.15) is 29.4 Å². The van der Waals surface area contributed by atoms with Crippen molar-refractivity contribution in [1.82, 2.24) is 24.7 Å². The molecule has 3 heterocycles. The molecule has 0 bridgehead atoms. The van der Waals surface area contributed by atoms with Gasteiger partial charge in [-0.05, 0) is 32.8 Å². The summed E-state index contributed by atoms with van der Waals surface area (Å²) in [6.45, 7) is 7.42.